The number of aromatic nitrogens is 2. The average Bonchev–Trinajstić information content (AvgIpc) is 2.46. The second-order valence-corrected chi connectivity index (χ2v) is 4.66. The molecular weight excluding hydrogens is 294 g/mol. The van der Waals surface area contributed by atoms with Gasteiger partial charge in [0, 0.05) is 12.1 Å². The van der Waals surface area contributed by atoms with Crippen LogP contribution in [0, 0.1) is 0 Å². The number of hydrogen-bond donors (Lipinski definition) is 2. The average molecular weight is 306 g/mol. The molecule has 0 radical (unpaired) electrons. The number of amides is 1. The van der Waals surface area contributed by atoms with E-state index in [-0.39, 0.29) is 17.3 Å². The van der Waals surface area contributed by atoms with E-state index in [2.05, 4.69) is 15.3 Å². The zero-order chi connectivity index (χ0) is 15.2. The second-order valence-electron chi connectivity index (χ2n) is 4.27. The van der Waals surface area contributed by atoms with Gasteiger partial charge in [0.2, 0.25) is 0 Å². The molecule has 21 heavy (non-hydrogen) atoms. The van der Waals surface area contributed by atoms with Crippen molar-refractivity contribution in [2.45, 2.75) is 12.8 Å². The van der Waals surface area contributed by atoms with E-state index in [0.29, 0.717) is 12.1 Å². The quantitative estimate of drug-likeness (QED) is 0.885. The molecule has 7 heteroatoms. The molecule has 0 atom stereocenters. The lowest BCUT2D eigenvalue weighted by atomic mass is 10.1. The largest absolute Gasteiger partial charge is 0.481 e. The van der Waals surface area contributed by atoms with E-state index < -0.39 is 11.9 Å². The summed E-state index contributed by atoms with van der Waals surface area (Å²) in [6, 6.07) is 6.94. The number of aryl methyl sites for hydroxylation is 1. The molecule has 0 aliphatic rings. The van der Waals surface area contributed by atoms with Crippen molar-refractivity contribution in [1.29, 1.82) is 0 Å². The van der Waals surface area contributed by atoms with E-state index in [9.17, 15) is 9.59 Å². The van der Waals surface area contributed by atoms with Gasteiger partial charge >= 0.3 is 5.97 Å². The number of benzene rings is 1. The smallest absolute Gasteiger partial charge is 0.303 e. The van der Waals surface area contributed by atoms with E-state index in [1.807, 2.05) is 0 Å². The Morgan fingerprint density at radius 1 is 1.19 bits per heavy atom. The number of carbonyl (C=O) groups excluding carboxylic acids is 1. The molecule has 0 saturated heterocycles. The predicted molar refractivity (Wildman–Crippen MR) is 77.4 cm³/mol. The molecule has 0 bridgehead atoms. The summed E-state index contributed by atoms with van der Waals surface area (Å²) in [6.45, 7) is 0. The predicted octanol–water partition coefficient (Wildman–Crippen LogP) is 2.40. The van der Waals surface area contributed by atoms with Crippen molar-refractivity contribution in [2.75, 3.05) is 5.32 Å². The van der Waals surface area contributed by atoms with Gasteiger partial charge in [-0.1, -0.05) is 23.7 Å². The number of hydrogen-bond acceptors (Lipinski definition) is 4. The number of rotatable bonds is 5. The van der Waals surface area contributed by atoms with Crippen molar-refractivity contribution in [3.8, 4) is 0 Å². The third-order valence-electron chi connectivity index (χ3n) is 2.68. The summed E-state index contributed by atoms with van der Waals surface area (Å²) in [5.74, 6) is -1.25. The molecule has 1 aromatic carbocycles. The van der Waals surface area contributed by atoms with Gasteiger partial charge in [-0.05, 0) is 24.1 Å². The lowest BCUT2D eigenvalue weighted by Crippen LogP contribution is -2.14. The Morgan fingerprint density at radius 3 is 2.52 bits per heavy atom. The Kier molecular flexibility index (Phi) is 4.84. The lowest BCUT2D eigenvalue weighted by Gasteiger charge is -2.06. The van der Waals surface area contributed by atoms with Gasteiger partial charge in [0.25, 0.3) is 5.91 Å². The van der Waals surface area contributed by atoms with Gasteiger partial charge in [-0.15, -0.1) is 0 Å². The van der Waals surface area contributed by atoms with Gasteiger partial charge in [-0.3, -0.25) is 14.6 Å². The van der Waals surface area contributed by atoms with Crippen LogP contribution in [0.2, 0.25) is 5.15 Å². The molecule has 0 unspecified atom stereocenters. The minimum atomic E-state index is -0.841. The highest BCUT2D eigenvalue weighted by molar-refractivity contribution is 6.29. The summed E-state index contributed by atoms with van der Waals surface area (Å²) in [5, 5.41) is 11.4. The van der Waals surface area contributed by atoms with Gasteiger partial charge in [0.15, 0.2) is 0 Å². The summed E-state index contributed by atoms with van der Waals surface area (Å²) in [5.41, 5.74) is 1.59. The van der Waals surface area contributed by atoms with Crippen LogP contribution in [0.3, 0.4) is 0 Å². The molecule has 2 N–H and O–H groups in total. The SMILES string of the molecule is O=C(O)CCc1ccc(NC(=O)c2cncc(Cl)n2)cc1. The van der Waals surface area contributed by atoms with Crippen molar-refractivity contribution in [3.63, 3.8) is 0 Å². The molecule has 0 saturated carbocycles. The molecule has 0 fully saturated rings. The fourth-order valence-electron chi connectivity index (χ4n) is 1.65. The van der Waals surface area contributed by atoms with Gasteiger partial charge in [-0.2, -0.15) is 0 Å². The van der Waals surface area contributed by atoms with Crippen LogP contribution in [-0.2, 0) is 11.2 Å². The van der Waals surface area contributed by atoms with Crippen molar-refractivity contribution >= 4 is 29.2 Å². The first-order valence-electron chi connectivity index (χ1n) is 6.14. The second kappa shape index (κ2) is 6.81. The molecule has 0 aliphatic carbocycles. The molecule has 1 amide bonds. The van der Waals surface area contributed by atoms with Crippen LogP contribution in [0.5, 0.6) is 0 Å². The highest BCUT2D eigenvalue weighted by Gasteiger charge is 2.09. The van der Waals surface area contributed by atoms with Crippen LogP contribution in [0.4, 0.5) is 5.69 Å². The van der Waals surface area contributed by atoms with Crippen LogP contribution in [0.1, 0.15) is 22.5 Å². The normalized spacial score (nSPS) is 10.1. The third kappa shape index (κ3) is 4.54. The molecule has 108 valence electrons. The summed E-state index contributed by atoms with van der Waals surface area (Å²) >= 11 is 5.67. The van der Waals surface area contributed by atoms with Gasteiger partial charge in [0.05, 0.1) is 12.4 Å². The van der Waals surface area contributed by atoms with E-state index in [1.165, 1.54) is 12.4 Å². The van der Waals surface area contributed by atoms with Crippen LogP contribution in [0.15, 0.2) is 36.7 Å². The van der Waals surface area contributed by atoms with Gasteiger partial charge in [0.1, 0.15) is 10.8 Å². The van der Waals surface area contributed by atoms with Crippen LogP contribution in [-0.4, -0.2) is 27.0 Å². The van der Waals surface area contributed by atoms with Crippen molar-refractivity contribution in [3.05, 3.63) is 53.1 Å². The highest BCUT2D eigenvalue weighted by Crippen LogP contribution is 2.12. The third-order valence-corrected chi connectivity index (χ3v) is 2.86. The number of carboxylic acids is 1. The minimum absolute atomic E-state index is 0.0732. The number of nitrogens with zero attached hydrogens (tertiary/aromatic N) is 2. The van der Waals surface area contributed by atoms with Crippen molar-refractivity contribution in [1.82, 2.24) is 9.97 Å². The maximum absolute atomic E-state index is 11.9. The summed E-state index contributed by atoms with van der Waals surface area (Å²) in [7, 11) is 0. The number of halogens is 1. The minimum Gasteiger partial charge on any atom is -0.481 e. The zero-order valence-corrected chi connectivity index (χ0v) is 11.7. The summed E-state index contributed by atoms with van der Waals surface area (Å²) < 4.78 is 0. The maximum atomic E-state index is 11.9. The molecule has 2 aromatic rings. The zero-order valence-electron chi connectivity index (χ0n) is 10.9. The van der Waals surface area contributed by atoms with E-state index in [4.69, 9.17) is 16.7 Å². The van der Waals surface area contributed by atoms with Gasteiger partial charge in [-0.25, -0.2) is 4.98 Å². The molecular formula is C14H12ClN3O3. The first kappa shape index (κ1) is 14.9. The van der Waals surface area contributed by atoms with Crippen LogP contribution in [0.25, 0.3) is 0 Å². The highest BCUT2D eigenvalue weighted by atomic mass is 35.5. The number of anilines is 1. The fraction of sp³-hybridized carbons (Fsp3) is 0.143. The Hall–Kier alpha value is -2.47. The number of nitrogens with one attached hydrogen (secondary N) is 1. The Bertz CT molecular complexity index is 659. The Morgan fingerprint density at radius 2 is 1.90 bits per heavy atom. The van der Waals surface area contributed by atoms with Crippen molar-refractivity contribution in [2.24, 2.45) is 0 Å². The molecule has 1 heterocycles. The first-order chi connectivity index (χ1) is 10.0. The summed E-state index contributed by atoms with van der Waals surface area (Å²) in [4.78, 5) is 30.1. The number of aliphatic carboxylic acids is 1. The van der Waals surface area contributed by atoms with E-state index in [1.54, 1.807) is 24.3 Å². The molecule has 0 spiro atoms. The Labute approximate surface area is 125 Å². The summed E-state index contributed by atoms with van der Waals surface area (Å²) in [6.07, 6.45) is 3.19. The lowest BCUT2D eigenvalue weighted by molar-refractivity contribution is -0.136. The molecule has 0 aliphatic heterocycles. The van der Waals surface area contributed by atoms with Gasteiger partial charge < -0.3 is 10.4 Å². The monoisotopic (exact) mass is 305 g/mol. The molecule has 2 rings (SSSR count). The van der Waals surface area contributed by atoms with Crippen LogP contribution >= 0.6 is 11.6 Å². The molecule has 1 aromatic heterocycles. The maximum Gasteiger partial charge on any atom is 0.303 e. The van der Waals surface area contributed by atoms with E-state index >= 15 is 0 Å². The first-order valence-corrected chi connectivity index (χ1v) is 6.52. The Balaban J connectivity index is 2.00. The molecule has 6 nitrogen and oxygen atoms in total. The van der Waals surface area contributed by atoms with E-state index in [0.717, 1.165) is 5.56 Å². The topological polar surface area (TPSA) is 92.2 Å². The number of carbonyl (C=O) groups is 2. The number of carboxylic acid groups (broad SMARTS) is 1. The van der Waals surface area contributed by atoms with Crippen LogP contribution < -0.4 is 5.32 Å². The standard InChI is InChI=1S/C14H12ClN3O3/c15-12-8-16-7-11(18-12)14(21)17-10-4-1-9(2-5-10)3-6-13(19)20/h1-2,4-5,7-8H,3,6H2,(H,17,21)(H,19,20). The fourth-order valence-corrected chi connectivity index (χ4v) is 1.80. The van der Waals surface area contributed by atoms with Crippen molar-refractivity contribution < 1.29 is 14.7 Å².